The van der Waals surface area contributed by atoms with Gasteiger partial charge < -0.3 is 15.3 Å². The number of carbonyl (C=O) groups excluding carboxylic acids is 1. The zero-order valence-corrected chi connectivity index (χ0v) is 8.82. The van der Waals surface area contributed by atoms with E-state index in [1.807, 2.05) is 6.92 Å². The van der Waals surface area contributed by atoms with E-state index in [4.69, 9.17) is 0 Å². The molecule has 0 fully saturated rings. The second kappa shape index (κ2) is 3.46. The Morgan fingerprint density at radius 3 is 3.00 bits per heavy atom. The number of hydrogen-bond acceptors (Lipinski definition) is 3. The minimum atomic E-state index is 0.0240. The highest BCUT2D eigenvalue weighted by Gasteiger charge is 2.25. The van der Waals surface area contributed by atoms with E-state index in [1.165, 1.54) is 0 Å². The molecule has 1 amide bonds. The van der Waals surface area contributed by atoms with Crippen molar-refractivity contribution in [3.8, 4) is 5.75 Å². The van der Waals surface area contributed by atoms with Crippen molar-refractivity contribution < 1.29 is 9.90 Å². The van der Waals surface area contributed by atoms with Crippen molar-refractivity contribution in [1.29, 1.82) is 0 Å². The van der Waals surface area contributed by atoms with Gasteiger partial charge in [0.25, 0.3) is 0 Å². The van der Waals surface area contributed by atoms with Gasteiger partial charge in [0.1, 0.15) is 5.75 Å². The zero-order chi connectivity index (χ0) is 11.0. The molecule has 0 spiro atoms. The maximum absolute atomic E-state index is 11.5. The normalized spacial score (nSPS) is 19.3. The Labute approximate surface area is 88.5 Å². The smallest absolute Gasteiger partial charge is 0.224 e. The van der Waals surface area contributed by atoms with Crippen LogP contribution in [0.15, 0.2) is 18.2 Å². The molecule has 2 N–H and O–H groups in total. The summed E-state index contributed by atoms with van der Waals surface area (Å²) in [5.41, 5.74) is 1.64. The number of rotatable bonds is 0. The third-order valence-corrected chi connectivity index (χ3v) is 2.61. The number of nitrogens with one attached hydrogen (secondary N) is 1. The number of carbonyl (C=O) groups is 1. The van der Waals surface area contributed by atoms with Crippen molar-refractivity contribution in [2.75, 3.05) is 16.8 Å². The molecule has 1 aromatic rings. The maximum Gasteiger partial charge on any atom is 0.224 e. The van der Waals surface area contributed by atoms with Crippen LogP contribution in [0.4, 0.5) is 11.4 Å². The van der Waals surface area contributed by atoms with Crippen LogP contribution in [0, 0.1) is 0 Å². The van der Waals surface area contributed by atoms with Crippen LogP contribution in [0.5, 0.6) is 5.75 Å². The molecule has 0 saturated heterocycles. The summed E-state index contributed by atoms with van der Waals surface area (Å²) in [5, 5.41) is 12.5. The van der Waals surface area contributed by atoms with E-state index >= 15 is 0 Å². The van der Waals surface area contributed by atoms with Gasteiger partial charge in [0.2, 0.25) is 5.91 Å². The third-order valence-electron chi connectivity index (χ3n) is 2.61. The lowest BCUT2D eigenvalue weighted by molar-refractivity contribution is -0.116. The molecule has 1 heterocycles. The lowest BCUT2D eigenvalue weighted by atomic mass is 10.1. The quantitative estimate of drug-likeness (QED) is 0.677. The van der Waals surface area contributed by atoms with Gasteiger partial charge in [-0.2, -0.15) is 0 Å². The predicted octanol–water partition coefficient (Wildman–Crippen LogP) is 1.56. The fourth-order valence-corrected chi connectivity index (χ4v) is 1.94. The van der Waals surface area contributed by atoms with Crippen LogP contribution in [0.25, 0.3) is 0 Å². The zero-order valence-electron chi connectivity index (χ0n) is 8.82. The highest BCUT2D eigenvalue weighted by Crippen LogP contribution is 2.34. The molecule has 4 heteroatoms. The molecule has 1 atom stereocenters. The summed E-state index contributed by atoms with van der Waals surface area (Å²) in [6, 6.07) is 5.12. The second-order valence-electron chi connectivity index (χ2n) is 3.82. The van der Waals surface area contributed by atoms with Crippen LogP contribution in [0.3, 0.4) is 0 Å². The summed E-state index contributed by atoms with van der Waals surface area (Å²) in [6.45, 7) is 4.25. The van der Waals surface area contributed by atoms with Gasteiger partial charge in [0.15, 0.2) is 0 Å². The monoisotopic (exact) mass is 206 g/mol. The Morgan fingerprint density at radius 1 is 1.60 bits per heavy atom. The summed E-state index contributed by atoms with van der Waals surface area (Å²) >= 11 is 0. The molecule has 1 aliphatic heterocycles. The molecule has 1 aliphatic rings. The molecular formula is C11H14N2O2. The minimum absolute atomic E-state index is 0.0240. The third kappa shape index (κ3) is 1.63. The number of amides is 1. The number of nitrogens with zero attached hydrogens (tertiary/aromatic N) is 1. The summed E-state index contributed by atoms with van der Waals surface area (Å²) in [6.07, 6.45) is 0. The van der Waals surface area contributed by atoms with E-state index in [0.717, 1.165) is 11.4 Å². The fourth-order valence-electron chi connectivity index (χ4n) is 1.94. The predicted molar refractivity (Wildman–Crippen MR) is 59.2 cm³/mol. The van der Waals surface area contributed by atoms with Gasteiger partial charge in [-0.15, -0.1) is 0 Å². The largest absolute Gasteiger partial charge is 0.508 e. The van der Waals surface area contributed by atoms with Crippen molar-refractivity contribution in [1.82, 2.24) is 0 Å². The van der Waals surface area contributed by atoms with Crippen LogP contribution in [-0.4, -0.2) is 23.6 Å². The van der Waals surface area contributed by atoms with Gasteiger partial charge in [-0.05, 0) is 19.1 Å². The van der Waals surface area contributed by atoms with Gasteiger partial charge >= 0.3 is 0 Å². The van der Waals surface area contributed by atoms with E-state index in [9.17, 15) is 9.90 Å². The van der Waals surface area contributed by atoms with Gasteiger partial charge in [0.05, 0.1) is 17.4 Å². The van der Waals surface area contributed by atoms with Crippen LogP contribution < -0.4 is 10.2 Å². The highest BCUT2D eigenvalue weighted by atomic mass is 16.3. The van der Waals surface area contributed by atoms with Crippen LogP contribution in [0.2, 0.25) is 0 Å². The molecule has 0 saturated carbocycles. The number of hydrogen-bond donors (Lipinski definition) is 2. The summed E-state index contributed by atoms with van der Waals surface area (Å²) in [7, 11) is 0. The molecule has 80 valence electrons. The lowest BCUT2D eigenvalue weighted by Gasteiger charge is -2.35. The lowest BCUT2D eigenvalue weighted by Crippen LogP contribution is -2.44. The number of aromatic hydroxyl groups is 1. The first-order valence-electron chi connectivity index (χ1n) is 4.96. The Morgan fingerprint density at radius 2 is 2.33 bits per heavy atom. The van der Waals surface area contributed by atoms with E-state index in [-0.39, 0.29) is 17.7 Å². The molecule has 15 heavy (non-hydrogen) atoms. The van der Waals surface area contributed by atoms with Gasteiger partial charge in [0, 0.05) is 19.5 Å². The Bertz CT molecular complexity index is 404. The molecular weight excluding hydrogens is 192 g/mol. The molecule has 0 bridgehead atoms. The fraction of sp³-hybridized carbons (Fsp3) is 0.364. The molecule has 2 rings (SSSR count). The van der Waals surface area contributed by atoms with E-state index in [0.29, 0.717) is 6.54 Å². The number of anilines is 2. The van der Waals surface area contributed by atoms with Crippen molar-refractivity contribution in [3.63, 3.8) is 0 Å². The number of phenolic OH excluding ortho intramolecular Hbond substituents is 1. The van der Waals surface area contributed by atoms with Gasteiger partial charge in [-0.3, -0.25) is 4.79 Å². The second-order valence-corrected chi connectivity index (χ2v) is 3.82. The topological polar surface area (TPSA) is 52.6 Å². The maximum atomic E-state index is 11.5. The average molecular weight is 206 g/mol. The molecule has 0 aromatic heterocycles. The number of phenols is 1. The molecule has 4 nitrogen and oxygen atoms in total. The van der Waals surface area contributed by atoms with Crippen LogP contribution in [0.1, 0.15) is 13.8 Å². The first kappa shape index (κ1) is 9.83. The van der Waals surface area contributed by atoms with Crippen LogP contribution >= 0.6 is 0 Å². The number of benzene rings is 1. The van der Waals surface area contributed by atoms with Crippen molar-refractivity contribution in [2.45, 2.75) is 19.9 Å². The van der Waals surface area contributed by atoms with Crippen molar-refractivity contribution >= 4 is 17.3 Å². The first-order chi connectivity index (χ1) is 7.09. The summed E-state index contributed by atoms with van der Waals surface area (Å²) in [4.78, 5) is 13.2. The Hall–Kier alpha value is -1.71. The summed E-state index contributed by atoms with van der Waals surface area (Å²) in [5.74, 6) is 0.232. The van der Waals surface area contributed by atoms with E-state index in [2.05, 4.69) is 5.32 Å². The first-order valence-corrected chi connectivity index (χ1v) is 4.96. The minimum Gasteiger partial charge on any atom is -0.508 e. The Kier molecular flexibility index (Phi) is 2.26. The van der Waals surface area contributed by atoms with Gasteiger partial charge in [-0.25, -0.2) is 0 Å². The van der Waals surface area contributed by atoms with Gasteiger partial charge in [-0.1, -0.05) is 0 Å². The molecule has 0 unspecified atom stereocenters. The molecule has 1 aromatic carbocycles. The molecule has 0 radical (unpaired) electrons. The average Bonchev–Trinajstić information content (AvgIpc) is 2.17. The molecule has 0 aliphatic carbocycles. The highest BCUT2D eigenvalue weighted by molar-refractivity contribution is 5.97. The van der Waals surface area contributed by atoms with E-state index in [1.54, 1.807) is 30.0 Å². The number of fused-ring (bicyclic) bond motifs is 1. The van der Waals surface area contributed by atoms with Crippen molar-refractivity contribution in [2.24, 2.45) is 0 Å². The standard InChI is InChI=1S/C11H14N2O2/c1-7-6-12-10-5-9(15)3-4-11(10)13(7)8(2)14/h3-5,7,12,15H,6H2,1-2H3/t7-/m0/s1. The van der Waals surface area contributed by atoms with Crippen molar-refractivity contribution in [3.05, 3.63) is 18.2 Å². The van der Waals surface area contributed by atoms with Crippen LogP contribution in [-0.2, 0) is 4.79 Å². The Balaban J connectivity index is 2.48. The SMILES string of the molecule is CC(=O)N1c2ccc(O)cc2NC[C@@H]1C. The summed E-state index contributed by atoms with van der Waals surface area (Å²) < 4.78 is 0. The van der Waals surface area contributed by atoms with E-state index < -0.39 is 0 Å².